The number of hydrogen-bond donors (Lipinski definition) is 0. The Kier molecular flexibility index (Phi) is 6.77. The van der Waals surface area contributed by atoms with Gasteiger partial charge in [0, 0.05) is 32.5 Å². The second kappa shape index (κ2) is 9.36. The normalized spacial score (nSPS) is 21.5. The second-order valence-corrected chi connectivity index (χ2v) is 10.7. The quantitative estimate of drug-likeness (QED) is 0.607. The molecular formula is C24H32N2O4S. The molecule has 2 aromatic rings. The van der Waals surface area contributed by atoms with Crippen LogP contribution in [0.25, 0.3) is 0 Å². The zero-order valence-electron chi connectivity index (χ0n) is 18.4. The zero-order chi connectivity index (χ0) is 21.9. The molecule has 1 atom stereocenters. The summed E-state index contributed by atoms with van der Waals surface area (Å²) in [5.74, 6) is 0.405. The van der Waals surface area contributed by atoms with Crippen molar-refractivity contribution in [2.24, 2.45) is 5.92 Å². The first-order valence-electron chi connectivity index (χ1n) is 11.1. The molecule has 2 fully saturated rings. The van der Waals surface area contributed by atoms with Crippen LogP contribution in [-0.4, -0.2) is 49.6 Å². The smallest absolute Gasteiger partial charge is 0.243 e. The highest BCUT2D eigenvalue weighted by Crippen LogP contribution is 2.43. The van der Waals surface area contributed by atoms with Gasteiger partial charge < -0.3 is 9.47 Å². The predicted octanol–water partition coefficient (Wildman–Crippen LogP) is 3.87. The third-order valence-corrected chi connectivity index (χ3v) is 8.46. The first-order chi connectivity index (χ1) is 14.9. The largest absolute Gasteiger partial charge is 0.375 e. The number of hydrogen-bond acceptors (Lipinski definition) is 5. The summed E-state index contributed by atoms with van der Waals surface area (Å²) in [6, 6.07) is 11.4. The van der Waals surface area contributed by atoms with Crippen molar-refractivity contribution in [2.75, 3.05) is 26.3 Å². The number of piperidine rings is 1. The van der Waals surface area contributed by atoms with Crippen LogP contribution in [0.1, 0.15) is 42.5 Å². The molecule has 168 valence electrons. The molecule has 4 rings (SSSR count). The summed E-state index contributed by atoms with van der Waals surface area (Å²) in [6.45, 7) is 6.80. The van der Waals surface area contributed by atoms with Crippen LogP contribution in [0.3, 0.4) is 0 Å². The van der Waals surface area contributed by atoms with Crippen molar-refractivity contribution < 1.29 is 17.9 Å². The molecular weight excluding hydrogens is 412 g/mol. The summed E-state index contributed by atoms with van der Waals surface area (Å²) in [4.78, 5) is 4.68. The summed E-state index contributed by atoms with van der Waals surface area (Å²) in [5.41, 5.74) is 2.65. The van der Waals surface area contributed by atoms with Crippen molar-refractivity contribution in [3.63, 3.8) is 0 Å². The fourth-order valence-electron chi connectivity index (χ4n) is 4.97. The molecule has 0 N–H and O–H groups in total. The third-order valence-electron chi connectivity index (χ3n) is 6.59. The van der Waals surface area contributed by atoms with E-state index in [1.807, 2.05) is 38.1 Å². The van der Waals surface area contributed by atoms with Crippen LogP contribution in [0.15, 0.2) is 47.5 Å². The Labute approximate surface area is 185 Å². The van der Waals surface area contributed by atoms with Crippen LogP contribution in [-0.2, 0) is 26.1 Å². The van der Waals surface area contributed by atoms with Gasteiger partial charge >= 0.3 is 0 Å². The fourth-order valence-corrected chi connectivity index (χ4v) is 6.60. The molecule has 2 aliphatic heterocycles. The Balaban J connectivity index is 1.34. The van der Waals surface area contributed by atoms with Gasteiger partial charge in [-0.25, -0.2) is 8.42 Å². The third kappa shape index (κ3) is 5.00. The van der Waals surface area contributed by atoms with Crippen LogP contribution < -0.4 is 0 Å². The molecule has 1 spiro atoms. The minimum absolute atomic E-state index is 0.219. The van der Waals surface area contributed by atoms with E-state index in [-0.39, 0.29) is 5.60 Å². The molecule has 6 nitrogen and oxygen atoms in total. The van der Waals surface area contributed by atoms with E-state index in [4.69, 9.17) is 9.47 Å². The number of rotatable bonds is 7. The van der Waals surface area contributed by atoms with Gasteiger partial charge in [0.25, 0.3) is 0 Å². The SMILES string of the molecule is Cc1cc(C)cc(S(=O)(=O)N2CCC3(CC2)OCC[C@H]3CCOCc2ccccn2)c1. The number of benzene rings is 1. The number of aromatic nitrogens is 1. The lowest BCUT2D eigenvalue weighted by Crippen LogP contribution is -2.49. The van der Waals surface area contributed by atoms with Crippen molar-refractivity contribution in [1.82, 2.24) is 9.29 Å². The molecule has 2 saturated heterocycles. The van der Waals surface area contributed by atoms with Crippen LogP contribution in [0.4, 0.5) is 0 Å². The Morgan fingerprint density at radius 2 is 1.90 bits per heavy atom. The molecule has 0 radical (unpaired) electrons. The van der Waals surface area contributed by atoms with Crippen LogP contribution in [0.2, 0.25) is 0 Å². The first-order valence-corrected chi connectivity index (χ1v) is 12.5. The monoisotopic (exact) mass is 444 g/mol. The lowest BCUT2D eigenvalue weighted by atomic mass is 9.78. The van der Waals surface area contributed by atoms with E-state index in [1.165, 1.54) is 0 Å². The molecule has 31 heavy (non-hydrogen) atoms. The molecule has 7 heteroatoms. The van der Waals surface area contributed by atoms with Gasteiger partial charge in [-0.1, -0.05) is 12.1 Å². The van der Waals surface area contributed by atoms with Crippen molar-refractivity contribution in [1.29, 1.82) is 0 Å². The summed E-state index contributed by atoms with van der Waals surface area (Å²) >= 11 is 0. The Hall–Kier alpha value is -1.80. The van der Waals surface area contributed by atoms with Crippen molar-refractivity contribution in [3.8, 4) is 0 Å². The number of aryl methyl sites for hydroxylation is 2. The summed E-state index contributed by atoms with van der Waals surface area (Å²) < 4.78 is 40.1. The van der Waals surface area contributed by atoms with E-state index in [1.54, 1.807) is 22.6 Å². The summed E-state index contributed by atoms with van der Waals surface area (Å²) in [5, 5.41) is 0. The molecule has 0 bridgehead atoms. The maximum atomic E-state index is 13.2. The lowest BCUT2D eigenvalue weighted by Gasteiger charge is -2.41. The van der Waals surface area contributed by atoms with Crippen molar-refractivity contribution in [2.45, 2.75) is 56.6 Å². The number of nitrogens with zero attached hydrogens (tertiary/aromatic N) is 2. The molecule has 0 aliphatic carbocycles. The highest BCUT2D eigenvalue weighted by Gasteiger charge is 2.47. The summed E-state index contributed by atoms with van der Waals surface area (Å²) in [7, 11) is -3.48. The average molecular weight is 445 g/mol. The minimum atomic E-state index is -3.48. The Morgan fingerprint density at radius 3 is 2.58 bits per heavy atom. The van der Waals surface area contributed by atoms with E-state index in [0.29, 0.717) is 37.1 Å². The highest BCUT2D eigenvalue weighted by molar-refractivity contribution is 7.89. The van der Waals surface area contributed by atoms with Gasteiger partial charge in [0.15, 0.2) is 0 Å². The molecule has 0 amide bonds. The zero-order valence-corrected chi connectivity index (χ0v) is 19.2. The molecule has 1 aromatic carbocycles. The summed E-state index contributed by atoms with van der Waals surface area (Å²) in [6.07, 6.45) is 5.19. The van der Waals surface area contributed by atoms with Crippen LogP contribution in [0, 0.1) is 19.8 Å². The molecule has 0 unspecified atom stereocenters. The fraction of sp³-hybridized carbons (Fsp3) is 0.542. The average Bonchev–Trinajstić information content (AvgIpc) is 3.13. The second-order valence-electron chi connectivity index (χ2n) is 8.79. The first kappa shape index (κ1) is 22.4. The van der Waals surface area contributed by atoms with Gasteiger partial charge in [-0.15, -0.1) is 0 Å². The van der Waals surface area contributed by atoms with Gasteiger partial charge in [0.05, 0.1) is 22.8 Å². The van der Waals surface area contributed by atoms with Gasteiger partial charge in [-0.05, 0) is 80.8 Å². The molecule has 2 aliphatic rings. The number of ether oxygens (including phenoxy) is 2. The number of pyridine rings is 1. The van der Waals surface area contributed by atoms with E-state index >= 15 is 0 Å². The standard InChI is InChI=1S/C24H32N2O4S/c1-19-15-20(2)17-23(16-19)31(27,28)26-11-8-24(9-12-26)21(7-14-30-24)6-13-29-18-22-5-3-4-10-25-22/h3-5,10,15-17,21H,6-9,11-14,18H2,1-2H3/t21-/m1/s1. The topological polar surface area (TPSA) is 68.7 Å². The van der Waals surface area contributed by atoms with E-state index < -0.39 is 10.0 Å². The van der Waals surface area contributed by atoms with E-state index in [0.717, 1.165) is 49.1 Å². The van der Waals surface area contributed by atoms with E-state index in [2.05, 4.69) is 4.98 Å². The maximum absolute atomic E-state index is 13.2. The molecule has 1 aromatic heterocycles. The Morgan fingerprint density at radius 1 is 1.16 bits per heavy atom. The van der Waals surface area contributed by atoms with Gasteiger partial charge in [-0.3, -0.25) is 4.98 Å². The highest BCUT2D eigenvalue weighted by atomic mass is 32.2. The van der Waals surface area contributed by atoms with Gasteiger partial charge in [-0.2, -0.15) is 4.31 Å². The van der Waals surface area contributed by atoms with Crippen molar-refractivity contribution in [3.05, 3.63) is 59.4 Å². The molecule has 0 saturated carbocycles. The minimum Gasteiger partial charge on any atom is -0.375 e. The van der Waals surface area contributed by atoms with Gasteiger partial charge in [0.2, 0.25) is 10.0 Å². The van der Waals surface area contributed by atoms with Crippen molar-refractivity contribution >= 4 is 10.0 Å². The lowest BCUT2D eigenvalue weighted by molar-refractivity contribution is -0.0619. The predicted molar refractivity (Wildman–Crippen MR) is 119 cm³/mol. The number of sulfonamides is 1. The molecule has 3 heterocycles. The Bertz CT molecular complexity index is 966. The maximum Gasteiger partial charge on any atom is 0.243 e. The van der Waals surface area contributed by atoms with Crippen LogP contribution in [0.5, 0.6) is 0 Å². The van der Waals surface area contributed by atoms with Crippen LogP contribution >= 0.6 is 0 Å². The van der Waals surface area contributed by atoms with Gasteiger partial charge in [0.1, 0.15) is 0 Å². The van der Waals surface area contributed by atoms with E-state index in [9.17, 15) is 8.42 Å².